The third kappa shape index (κ3) is 6.67. The van der Waals surface area contributed by atoms with Gasteiger partial charge in [0.05, 0.1) is 0 Å². The number of ketones is 1. The number of rotatable bonds is 9. The van der Waals surface area contributed by atoms with Gasteiger partial charge in [-0.2, -0.15) is 0 Å². The number of phenols is 1. The largest absolute Gasteiger partial charge is 0.508 e. The van der Waals surface area contributed by atoms with Gasteiger partial charge in [0.15, 0.2) is 5.78 Å². The zero-order valence-corrected chi connectivity index (χ0v) is 17.5. The molecule has 1 heterocycles. The van der Waals surface area contributed by atoms with Crippen LogP contribution in [0, 0.1) is 0 Å². The van der Waals surface area contributed by atoms with E-state index in [0.717, 1.165) is 16.7 Å². The molecule has 2 N–H and O–H groups in total. The molecule has 0 fully saturated rings. The first kappa shape index (κ1) is 22.0. The van der Waals surface area contributed by atoms with Crippen molar-refractivity contribution in [3.05, 3.63) is 95.8 Å². The Bertz CT molecular complexity index is 991. The molecule has 1 amide bonds. The summed E-state index contributed by atoms with van der Waals surface area (Å²) >= 11 is 0. The molecule has 2 aromatic carbocycles. The highest BCUT2D eigenvalue weighted by Gasteiger charge is 2.35. The van der Waals surface area contributed by atoms with Gasteiger partial charge in [0.2, 0.25) is 0 Å². The molecule has 6 heteroatoms. The molecule has 0 saturated heterocycles. The lowest BCUT2D eigenvalue weighted by Gasteiger charge is -2.29. The molecule has 0 spiro atoms. The van der Waals surface area contributed by atoms with Crippen LogP contribution in [-0.2, 0) is 29.0 Å². The van der Waals surface area contributed by atoms with Crippen LogP contribution in [0.3, 0.4) is 0 Å². The van der Waals surface area contributed by atoms with Gasteiger partial charge in [-0.05, 0) is 54.3 Å². The van der Waals surface area contributed by atoms with Crippen LogP contribution in [0.25, 0.3) is 0 Å². The van der Waals surface area contributed by atoms with Gasteiger partial charge in [-0.1, -0.05) is 42.5 Å². The van der Waals surface area contributed by atoms with Crippen molar-refractivity contribution in [2.45, 2.75) is 38.3 Å². The molecular formula is C25H26N2O4. The zero-order chi connectivity index (χ0) is 22.1. The van der Waals surface area contributed by atoms with E-state index in [1.807, 2.05) is 30.3 Å². The van der Waals surface area contributed by atoms with Crippen molar-refractivity contribution in [2.75, 3.05) is 0 Å². The average Bonchev–Trinajstić information content (AvgIpc) is 2.79. The lowest BCUT2D eigenvalue weighted by atomic mass is 9.86. The van der Waals surface area contributed by atoms with Crippen molar-refractivity contribution < 1.29 is 19.4 Å². The number of Topliss-reactive ketones (excluding diaryl/α,β-unsaturated/α-hetero) is 1. The number of carbonyl (C=O) groups is 2. The Kier molecular flexibility index (Phi) is 7.38. The van der Waals surface area contributed by atoms with Gasteiger partial charge in [-0.25, -0.2) is 4.79 Å². The maximum absolute atomic E-state index is 13.2. The quantitative estimate of drug-likeness (QED) is 0.543. The first-order valence-electron chi connectivity index (χ1n) is 10.1. The Hall–Kier alpha value is -3.67. The van der Waals surface area contributed by atoms with E-state index in [4.69, 9.17) is 4.74 Å². The number of pyridine rings is 1. The van der Waals surface area contributed by atoms with E-state index in [2.05, 4.69) is 10.3 Å². The summed E-state index contributed by atoms with van der Waals surface area (Å²) in [4.78, 5) is 29.6. The summed E-state index contributed by atoms with van der Waals surface area (Å²) in [6.45, 7) is 1.79. The number of hydrogen-bond donors (Lipinski definition) is 2. The van der Waals surface area contributed by atoms with E-state index < -0.39 is 11.6 Å². The van der Waals surface area contributed by atoms with Crippen molar-refractivity contribution in [1.29, 1.82) is 0 Å². The number of nitrogens with one attached hydrogen (secondary N) is 1. The highest BCUT2D eigenvalue weighted by atomic mass is 16.5. The van der Waals surface area contributed by atoms with E-state index in [1.54, 1.807) is 55.7 Å². The predicted octanol–water partition coefficient (Wildman–Crippen LogP) is 4.22. The van der Waals surface area contributed by atoms with Crippen LogP contribution in [0.5, 0.6) is 5.75 Å². The minimum Gasteiger partial charge on any atom is -0.508 e. The van der Waals surface area contributed by atoms with Gasteiger partial charge in [0.1, 0.15) is 17.9 Å². The molecule has 0 radical (unpaired) electrons. The highest BCUT2D eigenvalue weighted by Crippen LogP contribution is 2.20. The van der Waals surface area contributed by atoms with Gasteiger partial charge >= 0.3 is 6.09 Å². The first-order chi connectivity index (χ1) is 14.9. The van der Waals surface area contributed by atoms with Crippen LogP contribution in [0.1, 0.15) is 30.0 Å². The van der Waals surface area contributed by atoms with Crippen molar-refractivity contribution in [3.8, 4) is 5.75 Å². The van der Waals surface area contributed by atoms with E-state index in [0.29, 0.717) is 6.42 Å². The normalized spacial score (nSPS) is 12.5. The summed E-state index contributed by atoms with van der Waals surface area (Å²) in [7, 11) is 0. The van der Waals surface area contributed by atoms with Gasteiger partial charge in [-0.3, -0.25) is 9.78 Å². The second-order valence-electron chi connectivity index (χ2n) is 7.64. The number of carbonyl (C=O) groups excluding carboxylic acids is 2. The number of amides is 1. The molecule has 0 bridgehead atoms. The van der Waals surface area contributed by atoms with Crippen molar-refractivity contribution in [3.63, 3.8) is 0 Å². The smallest absolute Gasteiger partial charge is 0.408 e. The van der Waals surface area contributed by atoms with E-state index >= 15 is 0 Å². The highest BCUT2D eigenvalue weighted by molar-refractivity contribution is 5.91. The third-order valence-electron chi connectivity index (χ3n) is 5.09. The van der Waals surface area contributed by atoms with Gasteiger partial charge in [0.25, 0.3) is 0 Å². The molecule has 0 aliphatic heterocycles. The van der Waals surface area contributed by atoms with Crippen molar-refractivity contribution >= 4 is 11.9 Å². The lowest BCUT2D eigenvalue weighted by Crippen LogP contribution is -2.54. The second-order valence-corrected chi connectivity index (χ2v) is 7.64. The first-order valence-corrected chi connectivity index (χ1v) is 10.1. The maximum Gasteiger partial charge on any atom is 0.408 e. The van der Waals surface area contributed by atoms with Crippen LogP contribution in [0.4, 0.5) is 4.79 Å². The van der Waals surface area contributed by atoms with E-state index in [9.17, 15) is 14.7 Å². The minimum atomic E-state index is -1.15. The van der Waals surface area contributed by atoms with Crippen LogP contribution in [0.2, 0.25) is 0 Å². The van der Waals surface area contributed by atoms with Crippen LogP contribution in [0.15, 0.2) is 79.1 Å². The molecule has 1 atom stereocenters. The summed E-state index contributed by atoms with van der Waals surface area (Å²) in [5, 5.41) is 12.3. The Morgan fingerprint density at radius 2 is 1.61 bits per heavy atom. The summed E-state index contributed by atoms with van der Waals surface area (Å²) in [5.74, 6) is 0.0517. The van der Waals surface area contributed by atoms with Crippen LogP contribution >= 0.6 is 0 Å². The molecule has 3 aromatic rings. The molecule has 160 valence electrons. The Morgan fingerprint density at radius 3 is 2.29 bits per heavy atom. The van der Waals surface area contributed by atoms with Gasteiger partial charge < -0.3 is 15.2 Å². The molecule has 6 nitrogen and oxygen atoms in total. The topological polar surface area (TPSA) is 88.5 Å². The number of alkyl carbamates (subject to hydrolysis) is 1. The molecule has 0 saturated carbocycles. The Balaban J connectivity index is 1.69. The molecule has 0 aliphatic carbocycles. The molecule has 0 unspecified atom stereocenters. The van der Waals surface area contributed by atoms with Crippen LogP contribution < -0.4 is 5.32 Å². The van der Waals surface area contributed by atoms with E-state index in [-0.39, 0.29) is 31.0 Å². The number of nitrogens with zero attached hydrogens (tertiary/aromatic N) is 1. The van der Waals surface area contributed by atoms with Gasteiger partial charge in [0, 0.05) is 25.2 Å². The number of phenolic OH excluding ortho intramolecular Hbond substituents is 1. The second kappa shape index (κ2) is 10.4. The molecule has 0 aliphatic rings. The number of aromatic hydroxyl groups is 1. The van der Waals surface area contributed by atoms with Crippen molar-refractivity contribution in [1.82, 2.24) is 10.3 Å². The van der Waals surface area contributed by atoms with Gasteiger partial charge in [-0.15, -0.1) is 0 Å². The maximum atomic E-state index is 13.2. The number of aryl methyl sites for hydroxylation is 1. The molecular weight excluding hydrogens is 392 g/mol. The molecule has 1 aromatic heterocycles. The summed E-state index contributed by atoms with van der Waals surface area (Å²) in [5.41, 5.74) is 1.54. The SMILES string of the molecule is C[C@@](Cc1ccc(O)cc1)(NC(=O)OCc1ccncc1)C(=O)CCc1ccccc1. The Labute approximate surface area is 181 Å². The van der Waals surface area contributed by atoms with Crippen molar-refractivity contribution in [2.24, 2.45) is 0 Å². The Morgan fingerprint density at radius 1 is 0.935 bits per heavy atom. The average molecular weight is 418 g/mol. The third-order valence-corrected chi connectivity index (χ3v) is 5.09. The number of benzene rings is 2. The fourth-order valence-corrected chi connectivity index (χ4v) is 3.30. The standard InChI is InChI=1S/C25H26N2O4/c1-25(17-20-7-10-22(28)11-8-20,23(29)12-9-19-5-3-2-4-6-19)27-24(30)31-18-21-13-15-26-16-14-21/h2-8,10-11,13-16,28H,9,12,17-18H2,1H3,(H,27,30)/t25-/m0/s1. The predicted molar refractivity (Wildman–Crippen MR) is 118 cm³/mol. The fraction of sp³-hybridized carbons (Fsp3) is 0.240. The monoisotopic (exact) mass is 418 g/mol. The van der Waals surface area contributed by atoms with E-state index in [1.165, 1.54) is 0 Å². The molecule has 31 heavy (non-hydrogen) atoms. The zero-order valence-electron chi connectivity index (χ0n) is 17.5. The molecule has 3 rings (SSSR count). The number of aromatic nitrogens is 1. The summed E-state index contributed by atoms with van der Waals surface area (Å²) in [6.07, 6.45) is 3.73. The number of hydrogen-bond acceptors (Lipinski definition) is 5. The number of ether oxygens (including phenoxy) is 1. The minimum absolute atomic E-state index is 0.0852. The fourth-order valence-electron chi connectivity index (χ4n) is 3.30. The lowest BCUT2D eigenvalue weighted by molar-refractivity contribution is -0.124. The van der Waals surface area contributed by atoms with Crippen LogP contribution in [-0.4, -0.2) is 27.5 Å². The summed E-state index contributed by atoms with van der Waals surface area (Å²) in [6, 6.07) is 19.9. The summed E-state index contributed by atoms with van der Waals surface area (Å²) < 4.78 is 5.32.